The van der Waals surface area contributed by atoms with Crippen LogP contribution in [0.1, 0.15) is 20.7 Å². The highest BCUT2D eigenvalue weighted by molar-refractivity contribution is 8.16. The minimum atomic E-state index is -0.658. The summed E-state index contributed by atoms with van der Waals surface area (Å²) in [4.78, 5) is 29.5. The van der Waals surface area contributed by atoms with E-state index in [0.29, 0.717) is 10.6 Å². The first-order valence-corrected chi connectivity index (χ1v) is 7.21. The van der Waals surface area contributed by atoms with E-state index in [2.05, 4.69) is 5.16 Å². The Morgan fingerprint density at radius 1 is 1.14 bits per heavy atom. The number of benzene rings is 2. The van der Waals surface area contributed by atoms with E-state index >= 15 is 0 Å². The molecule has 1 aliphatic heterocycles. The van der Waals surface area contributed by atoms with Gasteiger partial charge in [0.1, 0.15) is 0 Å². The molecule has 0 fully saturated rings. The Labute approximate surface area is 129 Å². The fraction of sp³-hybridized carbons (Fsp3) is 0. The molecule has 0 saturated heterocycles. The number of rotatable bonds is 2. The molecule has 6 heteroatoms. The number of carbonyl (C=O) groups is 2. The summed E-state index contributed by atoms with van der Waals surface area (Å²) in [6, 6.07) is 13.5. The smallest absolute Gasteiger partial charge is 0.312 e. The first-order valence-electron chi connectivity index (χ1n) is 6.01. The number of fused-ring (bicyclic) bond motifs is 1. The van der Waals surface area contributed by atoms with Gasteiger partial charge in [0.15, 0.2) is 5.04 Å². The molecule has 1 heterocycles. The van der Waals surface area contributed by atoms with Crippen LogP contribution >= 0.6 is 23.4 Å². The van der Waals surface area contributed by atoms with Crippen LogP contribution in [-0.4, -0.2) is 16.8 Å². The van der Waals surface area contributed by atoms with Crippen molar-refractivity contribution in [2.45, 2.75) is 4.90 Å². The summed E-state index contributed by atoms with van der Waals surface area (Å²) in [6.07, 6.45) is 0. The van der Waals surface area contributed by atoms with E-state index in [0.717, 1.165) is 4.90 Å². The summed E-state index contributed by atoms with van der Waals surface area (Å²) in [5.74, 6) is -0.899. The lowest BCUT2D eigenvalue weighted by molar-refractivity contribution is 0.0517. The number of oxime groups is 1. The number of ketones is 1. The van der Waals surface area contributed by atoms with Gasteiger partial charge in [0.2, 0.25) is 5.78 Å². The van der Waals surface area contributed by atoms with E-state index in [1.54, 1.807) is 30.3 Å². The van der Waals surface area contributed by atoms with E-state index < -0.39 is 5.97 Å². The van der Waals surface area contributed by atoms with Crippen LogP contribution in [0.3, 0.4) is 0 Å². The van der Waals surface area contributed by atoms with Gasteiger partial charge in [-0.3, -0.25) is 4.79 Å². The van der Waals surface area contributed by atoms with Crippen LogP contribution in [0.2, 0.25) is 5.02 Å². The predicted molar refractivity (Wildman–Crippen MR) is 80.9 cm³/mol. The maximum absolute atomic E-state index is 12.0. The second-order valence-corrected chi connectivity index (χ2v) is 5.68. The lowest BCUT2D eigenvalue weighted by Gasteiger charge is -1.99. The summed E-state index contributed by atoms with van der Waals surface area (Å²) in [5, 5.41) is 4.23. The molecule has 0 bridgehead atoms. The van der Waals surface area contributed by atoms with Crippen LogP contribution in [0.4, 0.5) is 0 Å². The summed E-state index contributed by atoms with van der Waals surface area (Å²) < 4.78 is 0. The van der Waals surface area contributed by atoms with Crippen molar-refractivity contribution in [3.8, 4) is 0 Å². The van der Waals surface area contributed by atoms with Crippen molar-refractivity contribution in [3.63, 3.8) is 0 Å². The molecule has 2 aromatic carbocycles. The summed E-state index contributed by atoms with van der Waals surface area (Å²) in [7, 11) is 0. The van der Waals surface area contributed by atoms with Crippen molar-refractivity contribution in [1.82, 2.24) is 0 Å². The van der Waals surface area contributed by atoms with Gasteiger partial charge in [-0.25, -0.2) is 4.79 Å². The molecule has 3 rings (SSSR count). The second kappa shape index (κ2) is 5.71. The van der Waals surface area contributed by atoms with Gasteiger partial charge in [-0.2, -0.15) is 0 Å². The number of nitrogens with zero attached hydrogens (tertiary/aromatic N) is 1. The van der Waals surface area contributed by atoms with Gasteiger partial charge >= 0.3 is 5.97 Å². The topological polar surface area (TPSA) is 55.7 Å². The quantitative estimate of drug-likeness (QED) is 0.624. The number of carbonyl (C=O) groups excluding carboxylic acids is 2. The molecule has 0 radical (unpaired) electrons. The molecule has 2 aromatic rings. The maximum Gasteiger partial charge on any atom is 0.365 e. The van der Waals surface area contributed by atoms with Crippen molar-refractivity contribution in [2.75, 3.05) is 0 Å². The molecule has 104 valence electrons. The van der Waals surface area contributed by atoms with Crippen LogP contribution in [0.25, 0.3) is 0 Å². The van der Waals surface area contributed by atoms with Gasteiger partial charge < -0.3 is 4.84 Å². The minimum Gasteiger partial charge on any atom is -0.312 e. The highest BCUT2D eigenvalue weighted by Gasteiger charge is 2.28. The van der Waals surface area contributed by atoms with Crippen molar-refractivity contribution >= 4 is 40.2 Å². The van der Waals surface area contributed by atoms with E-state index in [-0.39, 0.29) is 16.4 Å². The number of hydrogen-bond donors (Lipinski definition) is 0. The van der Waals surface area contributed by atoms with Gasteiger partial charge in [0.05, 0.1) is 5.56 Å². The molecular formula is C15H8ClNO3S. The van der Waals surface area contributed by atoms with Crippen molar-refractivity contribution in [3.05, 3.63) is 64.7 Å². The van der Waals surface area contributed by atoms with Gasteiger partial charge in [-0.15, -0.1) is 0 Å². The molecule has 0 saturated carbocycles. The Bertz CT molecular complexity index is 773. The minimum absolute atomic E-state index is 0.145. The van der Waals surface area contributed by atoms with Gasteiger partial charge in [0, 0.05) is 15.5 Å². The normalized spacial score (nSPS) is 15.1. The zero-order valence-corrected chi connectivity index (χ0v) is 12.1. The van der Waals surface area contributed by atoms with Gasteiger partial charge in [-0.1, -0.05) is 46.7 Å². The standard InChI is InChI=1S/C15H8ClNO3S/c16-10-5-3-4-9(8-10)15(19)20-17-14-13(18)11-6-1-2-7-12(11)21-14/h1-8H. The Morgan fingerprint density at radius 2 is 1.95 bits per heavy atom. The average Bonchev–Trinajstić information content (AvgIpc) is 2.82. The SMILES string of the molecule is O=C(ON=C1Sc2ccccc2C1=O)c1cccc(Cl)c1. The van der Waals surface area contributed by atoms with E-state index in [9.17, 15) is 9.59 Å². The fourth-order valence-electron chi connectivity index (χ4n) is 1.82. The zero-order valence-electron chi connectivity index (χ0n) is 10.6. The highest BCUT2D eigenvalue weighted by atomic mass is 35.5. The fourth-order valence-corrected chi connectivity index (χ4v) is 2.91. The van der Waals surface area contributed by atoms with E-state index in [1.165, 1.54) is 17.8 Å². The van der Waals surface area contributed by atoms with Gasteiger partial charge in [-0.05, 0) is 30.3 Å². The third kappa shape index (κ3) is 2.84. The molecular weight excluding hydrogens is 310 g/mol. The van der Waals surface area contributed by atoms with E-state index in [4.69, 9.17) is 16.4 Å². The second-order valence-electron chi connectivity index (χ2n) is 4.21. The number of halogens is 1. The molecule has 0 aromatic heterocycles. The van der Waals surface area contributed by atoms with Crippen LogP contribution in [0, 0.1) is 0 Å². The van der Waals surface area contributed by atoms with Gasteiger partial charge in [0.25, 0.3) is 0 Å². The number of thioether (sulfide) groups is 1. The molecule has 1 aliphatic rings. The van der Waals surface area contributed by atoms with Crippen LogP contribution < -0.4 is 0 Å². The average molecular weight is 318 g/mol. The molecule has 0 spiro atoms. The van der Waals surface area contributed by atoms with Crippen LogP contribution in [0.15, 0.2) is 58.6 Å². The molecule has 4 nitrogen and oxygen atoms in total. The number of hydrogen-bond acceptors (Lipinski definition) is 5. The van der Waals surface area contributed by atoms with Crippen molar-refractivity contribution in [1.29, 1.82) is 0 Å². The predicted octanol–water partition coefficient (Wildman–Crippen LogP) is 3.80. The third-order valence-corrected chi connectivity index (χ3v) is 4.07. The van der Waals surface area contributed by atoms with E-state index in [1.807, 2.05) is 12.1 Å². The highest BCUT2D eigenvalue weighted by Crippen LogP contribution is 2.33. The lowest BCUT2D eigenvalue weighted by atomic mass is 10.1. The first kappa shape index (κ1) is 13.9. The molecule has 0 N–H and O–H groups in total. The Hall–Kier alpha value is -2.11. The Morgan fingerprint density at radius 3 is 2.71 bits per heavy atom. The Balaban J connectivity index is 1.76. The van der Waals surface area contributed by atoms with Crippen LogP contribution in [-0.2, 0) is 4.84 Å². The van der Waals surface area contributed by atoms with Crippen molar-refractivity contribution in [2.24, 2.45) is 5.16 Å². The third-order valence-electron chi connectivity index (χ3n) is 2.80. The number of Topliss-reactive ketones (excluding diaryl/α,β-unsaturated/α-hetero) is 1. The molecule has 21 heavy (non-hydrogen) atoms. The first-order chi connectivity index (χ1) is 10.1. The maximum atomic E-state index is 12.0. The Kier molecular flexibility index (Phi) is 3.77. The summed E-state index contributed by atoms with van der Waals surface area (Å²) in [6.45, 7) is 0. The zero-order chi connectivity index (χ0) is 14.8. The molecule has 0 amide bonds. The summed E-state index contributed by atoms with van der Waals surface area (Å²) >= 11 is 6.98. The molecule has 0 unspecified atom stereocenters. The van der Waals surface area contributed by atoms with Crippen LogP contribution in [0.5, 0.6) is 0 Å². The largest absolute Gasteiger partial charge is 0.365 e. The van der Waals surface area contributed by atoms with Crippen molar-refractivity contribution < 1.29 is 14.4 Å². The monoisotopic (exact) mass is 317 g/mol. The molecule has 0 atom stereocenters. The molecule has 0 aliphatic carbocycles. The summed E-state index contributed by atoms with van der Waals surface area (Å²) in [5.41, 5.74) is 0.847. The lowest BCUT2D eigenvalue weighted by Crippen LogP contribution is -2.07.